The van der Waals surface area contributed by atoms with Gasteiger partial charge in [0.1, 0.15) is 11.4 Å². The fourth-order valence-corrected chi connectivity index (χ4v) is 4.37. The number of aryl methyl sites for hydroxylation is 2. The predicted octanol–water partition coefficient (Wildman–Crippen LogP) is 5.90. The zero-order valence-electron chi connectivity index (χ0n) is 19.9. The van der Waals surface area contributed by atoms with Gasteiger partial charge >= 0.3 is 0 Å². The molecule has 1 atom stereocenters. The van der Waals surface area contributed by atoms with Crippen LogP contribution in [0.4, 0.5) is 0 Å². The minimum atomic E-state index is -0.176. The molecule has 1 N–H and O–H groups in total. The van der Waals surface area contributed by atoms with Gasteiger partial charge in [-0.2, -0.15) is 5.10 Å². The summed E-state index contributed by atoms with van der Waals surface area (Å²) in [5.41, 5.74) is 6.40. The maximum Gasteiger partial charge on any atom is 0.270 e. The summed E-state index contributed by atoms with van der Waals surface area (Å²) in [7, 11) is 1.98. The summed E-state index contributed by atoms with van der Waals surface area (Å²) >= 11 is 0. The molecule has 0 fully saturated rings. The van der Waals surface area contributed by atoms with Crippen LogP contribution in [0, 0.1) is 6.92 Å². The highest BCUT2D eigenvalue weighted by Gasteiger charge is 2.22. The van der Waals surface area contributed by atoms with E-state index in [0.717, 1.165) is 28.2 Å². The Kier molecular flexibility index (Phi) is 6.31. The molecule has 0 aliphatic heterocycles. The lowest BCUT2D eigenvalue weighted by Gasteiger charge is -2.20. The molecular weight excluding hydrogens is 432 g/mol. The molecule has 174 valence electrons. The number of benzene rings is 3. The Morgan fingerprint density at radius 2 is 1.63 bits per heavy atom. The largest absolute Gasteiger partial charge is 0.349 e. The number of hydrogen-bond donors (Lipinski definition) is 1. The van der Waals surface area contributed by atoms with Crippen molar-refractivity contribution in [3.05, 3.63) is 132 Å². The molecule has 0 radical (unpaired) electrons. The maximum atomic E-state index is 13.8. The van der Waals surface area contributed by atoms with Gasteiger partial charge in [-0.05, 0) is 60.4 Å². The van der Waals surface area contributed by atoms with Gasteiger partial charge in [-0.25, -0.2) is 4.68 Å². The van der Waals surface area contributed by atoms with Crippen molar-refractivity contribution in [3.63, 3.8) is 0 Å². The van der Waals surface area contributed by atoms with Crippen LogP contribution in [0.5, 0.6) is 0 Å². The number of carbonyl (C=O) groups is 1. The molecule has 0 aliphatic rings. The molecule has 0 aliphatic carbocycles. The quantitative estimate of drug-likeness (QED) is 0.329. The lowest BCUT2D eigenvalue weighted by molar-refractivity contribution is 0.0928. The van der Waals surface area contributed by atoms with E-state index >= 15 is 0 Å². The van der Waals surface area contributed by atoms with Crippen molar-refractivity contribution in [2.75, 3.05) is 0 Å². The van der Waals surface area contributed by atoms with Gasteiger partial charge in [0.2, 0.25) is 0 Å². The molecule has 3 aromatic carbocycles. The first-order chi connectivity index (χ1) is 17.1. The number of aromatic nitrogens is 3. The van der Waals surface area contributed by atoms with E-state index in [4.69, 9.17) is 5.10 Å². The number of rotatable bonds is 7. The molecule has 1 amide bonds. The van der Waals surface area contributed by atoms with E-state index in [-0.39, 0.29) is 11.9 Å². The summed E-state index contributed by atoms with van der Waals surface area (Å²) in [6, 6.07) is 34.1. The molecule has 5 aromatic rings. The van der Waals surface area contributed by atoms with E-state index in [1.807, 2.05) is 104 Å². The molecule has 0 bridgehead atoms. The first-order valence-electron chi connectivity index (χ1n) is 11.8. The van der Waals surface area contributed by atoms with Crippen molar-refractivity contribution in [1.29, 1.82) is 0 Å². The van der Waals surface area contributed by atoms with Crippen LogP contribution in [-0.4, -0.2) is 20.3 Å². The Bertz CT molecular complexity index is 1430. The van der Waals surface area contributed by atoms with Crippen molar-refractivity contribution >= 4 is 5.91 Å². The van der Waals surface area contributed by atoms with Gasteiger partial charge in [-0.3, -0.25) is 4.79 Å². The second-order valence-electron chi connectivity index (χ2n) is 8.80. The molecule has 0 saturated carbocycles. The standard InChI is InChI=1S/C30H28N4O/c1-22-11-9-16-25(19-22)34-29(21-27(32-34)28-17-10-18-33(28)2)30(35)31-26(24-14-7-4-8-15-24)20-23-12-5-3-6-13-23/h3-19,21,26H,20H2,1-2H3,(H,31,35). The first kappa shape index (κ1) is 22.4. The Labute approximate surface area is 205 Å². The highest BCUT2D eigenvalue weighted by molar-refractivity contribution is 5.94. The lowest BCUT2D eigenvalue weighted by Crippen LogP contribution is -2.31. The Morgan fingerprint density at radius 1 is 0.886 bits per heavy atom. The van der Waals surface area contributed by atoms with Crippen molar-refractivity contribution < 1.29 is 4.79 Å². The van der Waals surface area contributed by atoms with Gasteiger partial charge < -0.3 is 9.88 Å². The Hall–Kier alpha value is -4.38. The van der Waals surface area contributed by atoms with Gasteiger partial charge in [0.15, 0.2) is 0 Å². The van der Waals surface area contributed by atoms with Gasteiger partial charge in [0, 0.05) is 13.2 Å². The Morgan fingerprint density at radius 3 is 2.31 bits per heavy atom. The zero-order chi connectivity index (χ0) is 24.2. The lowest BCUT2D eigenvalue weighted by atomic mass is 9.98. The molecule has 0 spiro atoms. The number of carbonyl (C=O) groups excluding carboxylic acids is 1. The van der Waals surface area contributed by atoms with E-state index in [1.54, 1.807) is 4.68 Å². The van der Waals surface area contributed by atoms with Crippen molar-refractivity contribution in [3.8, 4) is 17.1 Å². The smallest absolute Gasteiger partial charge is 0.270 e. The van der Waals surface area contributed by atoms with Crippen molar-refractivity contribution in [2.45, 2.75) is 19.4 Å². The second kappa shape index (κ2) is 9.85. The van der Waals surface area contributed by atoms with E-state index in [0.29, 0.717) is 12.1 Å². The zero-order valence-corrected chi connectivity index (χ0v) is 19.9. The average Bonchev–Trinajstić information content (AvgIpc) is 3.51. The van der Waals surface area contributed by atoms with Gasteiger partial charge in [0.05, 0.1) is 17.4 Å². The van der Waals surface area contributed by atoms with Crippen LogP contribution in [0.2, 0.25) is 0 Å². The molecule has 2 aromatic heterocycles. The fraction of sp³-hybridized carbons (Fsp3) is 0.133. The number of hydrogen-bond acceptors (Lipinski definition) is 2. The molecule has 35 heavy (non-hydrogen) atoms. The molecular formula is C30H28N4O. The third-order valence-electron chi connectivity index (χ3n) is 6.18. The van der Waals surface area contributed by atoms with Crippen LogP contribution < -0.4 is 5.32 Å². The fourth-order valence-electron chi connectivity index (χ4n) is 4.37. The second-order valence-corrected chi connectivity index (χ2v) is 8.80. The van der Waals surface area contributed by atoms with Crippen LogP contribution >= 0.6 is 0 Å². The molecule has 2 heterocycles. The maximum absolute atomic E-state index is 13.8. The summed E-state index contributed by atoms with van der Waals surface area (Å²) in [4.78, 5) is 13.8. The van der Waals surface area contributed by atoms with Crippen molar-refractivity contribution in [2.24, 2.45) is 7.05 Å². The van der Waals surface area contributed by atoms with Crippen molar-refractivity contribution in [1.82, 2.24) is 19.7 Å². The average molecular weight is 461 g/mol. The molecule has 1 unspecified atom stereocenters. The molecule has 5 rings (SSSR count). The number of nitrogens with one attached hydrogen (secondary N) is 1. The first-order valence-corrected chi connectivity index (χ1v) is 11.8. The predicted molar refractivity (Wildman–Crippen MR) is 140 cm³/mol. The number of amides is 1. The summed E-state index contributed by atoms with van der Waals surface area (Å²) in [5.74, 6) is -0.163. The summed E-state index contributed by atoms with van der Waals surface area (Å²) in [6.07, 6.45) is 2.67. The van der Waals surface area contributed by atoms with Crippen LogP contribution in [0.1, 0.15) is 33.2 Å². The van der Waals surface area contributed by atoms with Gasteiger partial charge in [-0.1, -0.05) is 72.8 Å². The van der Waals surface area contributed by atoms with E-state index in [2.05, 4.69) is 29.6 Å². The minimum absolute atomic E-state index is 0.163. The minimum Gasteiger partial charge on any atom is -0.349 e. The summed E-state index contributed by atoms with van der Waals surface area (Å²) in [5, 5.41) is 8.13. The third-order valence-corrected chi connectivity index (χ3v) is 6.18. The molecule has 5 heteroatoms. The third kappa shape index (κ3) is 4.94. The van der Waals surface area contributed by atoms with Crippen LogP contribution in [0.3, 0.4) is 0 Å². The topological polar surface area (TPSA) is 51.9 Å². The highest BCUT2D eigenvalue weighted by atomic mass is 16.2. The molecule has 0 saturated heterocycles. The van der Waals surface area contributed by atoms with Crippen LogP contribution in [0.15, 0.2) is 109 Å². The Balaban J connectivity index is 1.53. The van der Waals surface area contributed by atoms with Gasteiger partial charge in [0.25, 0.3) is 5.91 Å². The molecule has 5 nitrogen and oxygen atoms in total. The SMILES string of the molecule is Cc1cccc(-n2nc(-c3cccn3C)cc2C(=O)NC(Cc2ccccc2)c2ccccc2)c1. The summed E-state index contributed by atoms with van der Waals surface area (Å²) in [6.45, 7) is 2.04. The van der Waals surface area contributed by atoms with Crippen LogP contribution in [0.25, 0.3) is 17.1 Å². The number of nitrogens with zero attached hydrogens (tertiary/aromatic N) is 3. The van der Waals surface area contributed by atoms with Gasteiger partial charge in [-0.15, -0.1) is 0 Å². The van der Waals surface area contributed by atoms with E-state index in [9.17, 15) is 4.79 Å². The van der Waals surface area contributed by atoms with E-state index < -0.39 is 0 Å². The van der Waals surface area contributed by atoms with E-state index in [1.165, 1.54) is 5.56 Å². The monoisotopic (exact) mass is 460 g/mol. The summed E-state index contributed by atoms with van der Waals surface area (Å²) < 4.78 is 3.75. The highest BCUT2D eigenvalue weighted by Crippen LogP contribution is 2.24. The normalized spacial score (nSPS) is 11.8. The van der Waals surface area contributed by atoms with Crippen LogP contribution in [-0.2, 0) is 13.5 Å².